The van der Waals surface area contributed by atoms with E-state index < -0.39 is 10.0 Å². The van der Waals surface area contributed by atoms with Gasteiger partial charge in [-0.25, -0.2) is 8.42 Å². The third-order valence-electron chi connectivity index (χ3n) is 2.76. The van der Waals surface area contributed by atoms with Gasteiger partial charge in [0.05, 0.1) is 4.90 Å². The number of fused-ring (bicyclic) bond motifs is 1. The van der Waals surface area contributed by atoms with Crippen molar-refractivity contribution in [1.82, 2.24) is 25.3 Å². The van der Waals surface area contributed by atoms with Gasteiger partial charge < -0.3 is 0 Å². The molecule has 2 aromatic rings. The summed E-state index contributed by atoms with van der Waals surface area (Å²) in [6.45, 7) is 1.81. The van der Waals surface area contributed by atoms with Crippen molar-refractivity contribution in [1.29, 1.82) is 0 Å². The molecule has 0 bridgehead atoms. The van der Waals surface area contributed by atoms with E-state index >= 15 is 0 Å². The van der Waals surface area contributed by atoms with E-state index in [2.05, 4.69) is 25.3 Å². The van der Waals surface area contributed by atoms with E-state index in [1.807, 2.05) is 6.92 Å². The second kappa shape index (κ2) is 3.64. The van der Waals surface area contributed by atoms with Gasteiger partial charge in [-0.3, -0.25) is 4.72 Å². The van der Waals surface area contributed by atoms with Crippen LogP contribution in [0.1, 0.15) is 18.3 Å². The molecule has 0 saturated carbocycles. The van der Waals surface area contributed by atoms with Gasteiger partial charge in [0.1, 0.15) is 5.70 Å². The van der Waals surface area contributed by atoms with Gasteiger partial charge in [0.25, 0.3) is 10.0 Å². The highest BCUT2D eigenvalue weighted by atomic mass is 32.2. The van der Waals surface area contributed by atoms with Gasteiger partial charge in [-0.2, -0.15) is 5.21 Å². The van der Waals surface area contributed by atoms with Gasteiger partial charge in [-0.15, -0.1) is 10.2 Å². The predicted molar refractivity (Wildman–Crippen MR) is 63.4 cm³/mol. The second-order valence-corrected chi connectivity index (χ2v) is 5.49. The van der Waals surface area contributed by atoms with Crippen LogP contribution in [0.25, 0.3) is 11.3 Å². The summed E-state index contributed by atoms with van der Waals surface area (Å²) in [4.78, 5) is 0.259. The Bertz CT molecular complexity index is 733. The summed E-state index contributed by atoms with van der Waals surface area (Å²) >= 11 is 0. The van der Waals surface area contributed by atoms with Crippen LogP contribution in [0.3, 0.4) is 0 Å². The third-order valence-corrected chi connectivity index (χ3v) is 4.17. The van der Waals surface area contributed by atoms with Gasteiger partial charge in [-0.05, 0) is 23.8 Å². The molecule has 18 heavy (non-hydrogen) atoms. The smallest absolute Gasteiger partial charge is 0.262 e. The summed E-state index contributed by atoms with van der Waals surface area (Å²) in [5.74, 6) is 0.227. The van der Waals surface area contributed by atoms with Crippen LogP contribution in [-0.4, -0.2) is 29.0 Å². The number of benzene rings is 1. The molecule has 0 saturated heterocycles. The molecule has 0 spiro atoms. The highest BCUT2D eigenvalue weighted by molar-refractivity contribution is 7.90. The van der Waals surface area contributed by atoms with Crippen LogP contribution in [0, 0.1) is 0 Å². The zero-order valence-electron chi connectivity index (χ0n) is 9.38. The fourth-order valence-electron chi connectivity index (χ4n) is 1.89. The first-order valence-corrected chi connectivity index (χ1v) is 6.65. The van der Waals surface area contributed by atoms with Gasteiger partial charge in [0.15, 0.2) is 0 Å². The van der Waals surface area contributed by atoms with Crippen LogP contribution in [-0.2, 0) is 10.0 Å². The number of H-pyrrole nitrogens is 1. The predicted octanol–water partition coefficient (Wildman–Crippen LogP) is 0.380. The van der Waals surface area contributed by atoms with Crippen LogP contribution >= 0.6 is 0 Å². The number of rotatable bonds is 1. The Morgan fingerprint density at radius 2 is 2.00 bits per heavy atom. The van der Waals surface area contributed by atoms with Crippen molar-refractivity contribution >= 4 is 21.3 Å². The molecule has 2 heterocycles. The summed E-state index contributed by atoms with van der Waals surface area (Å²) in [5.41, 5.74) is 1.76. The molecular formula is C10H9N5O2S. The van der Waals surface area contributed by atoms with Crippen molar-refractivity contribution in [2.24, 2.45) is 0 Å². The van der Waals surface area contributed by atoms with Crippen molar-refractivity contribution in [3.8, 4) is 0 Å². The first-order chi connectivity index (χ1) is 8.59. The maximum atomic E-state index is 12.1. The largest absolute Gasteiger partial charge is 0.275 e. The number of hydrogen-bond donors (Lipinski definition) is 2. The lowest BCUT2D eigenvalue weighted by molar-refractivity contribution is 0.590. The number of aromatic nitrogens is 4. The summed E-state index contributed by atoms with van der Waals surface area (Å²) in [6, 6.07) is 6.79. The normalized spacial score (nSPS) is 17.2. The quantitative estimate of drug-likeness (QED) is 0.774. The Balaban J connectivity index is 2.31. The number of allylic oxidation sites excluding steroid dienone is 1. The SMILES string of the molecule is CC1=C(c2nn[nH]n2)NS(=O)(=O)c2ccccc21. The van der Waals surface area contributed by atoms with Crippen molar-refractivity contribution in [2.45, 2.75) is 11.8 Å². The van der Waals surface area contributed by atoms with E-state index in [-0.39, 0.29) is 10.7 Å². The molecule has 7 nitrogen and oxygen atoms in total. The van der Waals surface area contributed by atoms with Gasteiger partial charge in [0.2, 0.25) is 5.82 Å². The Morgan fingerprint density at radius 1 is 1.22 bits per heavy atom. The summed E-state index contributed by atoms with van der Waals surface area (Å²) in [6.07, 6.45) is 0. The van der Waals surface area contributed by atoms with Crippen molar-refractivity contribution in [3.63, 3.8) is 0 Å². The minimum absolute atomic E-state index is 0.227. The summed E-state index contributed by atoms with van der Waals surface area (Å²) < 4.78 is 26.7. The molecule has 3 rings (SSSR count). The fraction of sp³-hybridized carbons (Fsp3) is 0.100. The van der Waals surface area contributed by atoms with E-state index in [4.69, 9.17) is 0 Å². The van der Waals surface area contributed by atoms with Crippen LogP contribution in [0.4, 0.5) is 0 Å². The number of aromatic amines is 1. The van der Waals surface area contributed by atoms with E-state index in [0.717, 1.165) is 5.57 Å². The molecule has 1 aromatic heterocycles. The molecule has 8 heteroatoms. The average Bonchev–Trinajstić information content (AvgIpc) is 2.88. The molecular weight excluding hydrogens is 254 g/mol. The summed E-state index contributed by atoms with van der Waals surface area (Å²) in [7, 11) is -3.58. The minimum Gasteiger partial charge on any atom is -0.275 e. The lowest BCUT2D eigenvalue weighted by atomic mass is 10.1. The van der Waals surface area contributed by atoms with Crippen molar-refractivity contribution in [2.75, 3.05) is 0 Å². The topological polar surface area (TPSA) is 101 Å². The highest BCUT2D eigenvalue weighted by Crippen LogP contribution is 2.32. The average molecular weight is 263 g/mol. The standard InChI is InChI=1S/C10H9N5O2S/c1-6-7-4-2-3-5-8(7)18(16,17)13-9(6)10-11-14-15-12-10/h2-5,13H,1H3,(H,11,12,14,15). The van der Waals surface area contributed by atoms with Crippen LogP contribution < -0.4 is 4.72 Å². The molecule has 0 aliphatic carbocycles. The minimum atomic E-state index is -3.58. The monoisotopic (exact) mass is 263 g/mol. The van der Waals surface area contributed by atoms with E-state index in [1.165, 1.54) is 0 Å². The Kier molecular flexibility index (Phi) is 2.20. The second-order valence-electron chi connectivity index (χ2n) is 3.84. The zero-order chi connectivity index (χ0) is 12.8. The van der Waals surface area contributed by atoms with Gasteiger partial charge in [-0.1, -0.05) is 18.2 Å². The van der Waals surface area contributed by atoms with Crippen molar-refractivity contribution in [3.05, 3.63) is 35.7 Å². The molecule has 1 aliphatic heterocycles. The number of nitrogens with one attached hydrogen (secondary N) is 2. The molecule has 0 atom stereocenters. The number of tetrazole rings is 1. The van der Waals surface area contributed by atoms with Crippen molar-refractivity contribution < 1.29 is 8.42 Å². The van der Waals surface area contributed by atoms with Crippen LogP contribution in [0.2, 0.25) is 0 Å². The number of nitrogens with zero attached hydrogens (tertiary/aromatic N) is 3. The van der Waals surface area contributed by atoms with Crippen LogP contribution in [0.15, 0.2) is 29.2 Å². The van der Waals surface area contributed by atoms with Gasteiger partial charge in [0, 0.05) is 5.56 Å². The Hall–Kier alpha value is -2.22. The molecule has 0 amide bonds. The lowest BCUT2D eigenvalue weighted by Gasteiger charge is -2.20. The molecule has 0 unspecified atom stereocenters. The summed E-state index contributed by atoms with van der Waals surface area (Å²) in [5, 5.41) is 13.3. The van der Waals surface area contributed by atoms with Crippen LogP contribution in [0.5, 0.6) is 0 Å². The number of sulfonamides is 1. The molecule has 1 aliphatic rings. The lowest BCUT2D eigenvalue weighted by Crippen LogP contribution is -2.28. The fourth-order valence-corrected chi connectivity index (χ4v) is 3.28. The molecule has 92 valence electrons. The molecule has 0 radical (unpaired) electrons. The van der Waals surface area contributed by atoms with E-state index in [1.54, 1.807) is 24.3 Å². The maximum Gasteiger partial charge on any atom is 0.262 e. The maximum absolute atomic E-state index is 12.1. The Morgan fingerprint density at radius 3 is 2.72 bits per heavy atom. The van der Waals surface area contributed by atoms with Gasteiger partial charge >= 0.3 is 0 Å². The highest BCUT2D eigenvalue weighted by Gasteiger charge is 2.29. The molecule has 0 fully saturated rings. The zero-order valence-corrected chi connectivity index (χ0v) is 10.2. The first kappa shape index (κ1) is 10.9. The molecule has 2 N–H and O–H groups in total. The number of hydrogen-bond acceptors (Lipinski definition) is 5. The Labute approximate surface area is 103 Å². The molecule has 1 aromatic carbocycles. The first-order valence-electron chi connectivity index (χ1n) is 5.16. The third kappa shape index (κ3) is 1.50. The van der Waals surface area contributed by atoms with E-state index in [0.29, 0.717) is 11.3 Å². The van der Waals surface area contributed by atoms with E-state index in [9.17, 15) is 8.42 Å².